The van der Waals surface area contributed by atoms with Crippen LogP contribution in [-0.2, 0) is 4.43 Å². The molecule has 0 amide bonds. The van der Waals surface area contributed by atoms with Crippen molar-refractivity contribution in [3.05, 3.63) is 47.1 Å². The maximum Gasteiger partial charge on any atom is 0.192 e. The number of rotatable bonds is 10. The third-order valence-electron chi connectivity index (χ3n) is 6.90. The van der Waals surface area contributed by atoms with E-state index in [9.17, 15) is 5.11 Å². The lowest BCUT2D eigenvalue weighted by atomic mass is 9.94. The Balaban J connectivity index is 1.82. The van der Waals surface area contributed by atoms with E-state index < -0.39 is 8.32 Å². The van der Waals surface area contributed by atoms with Crippen molar-refractivity contribution in [3.63, 3.8) is 0 Å². The molecular weight excluding hydrogens is 428 g/mol. The standard InChI is InChI=1S/C28H44O4Si/c1-21(12-10-13-22(2)20-31-33(8,9)27(3,4)5)14-11-16-28(6)17-15-23-18-24(29)26(30-7)19-25(23)32-28/h13-15,17-19,29H,10-12,16,20H2,1-9H3/b21-14+,22-13+. The third-order valence-corrected chi connectivity index (χ3v) is 11.4. The van der Waals surface area contributed by atoms with Crippen LogP contribution < -0.4 is 9.47 Å². The lowest BCUT2D eigenvalue weighted by Gasteiger charge is -2.36. The molecule has 0 bridgehead atoms. The Hall–Kier alpha value is -1.98. The summed E-state index contributed by atoms with van der Waals surface area (Å²) in [6.45, 7) is 18.7. The molecule has 4 nitrogen and oxygen atoms in total. The number of hydrogen-bond acceptors (Lipinski definition) is 4. The van der Waals surface area contributed by atoms with Crippen LogP contribution in [0.25, 0.3) is 6.08 Å². The number of allylic oxidation sites excluding steroid dienone is 3. The number of phenols is 1. The molecule has 0 saturated carbocycles. The van der Waals surface area contributed by atoms with Crippen molar-refractivity contribution >= 4 is 14.4 Å². The summed E-state index contributed by atoms with van der Waals surface area (Å²) in [4.78, 5) is 0. The fraction of sp³-hybridized carbons (Fsp3) is 0.571. The van der Waals surface area contributed by atoms with Crippen LogP contribution >= 0.6 is 0 Å². The topological polar surface area (TPSA) is 47.9 Å². The van der Waals surface area contributed by atoms with Crippen LogP contribution in [0, 0.1) is 0 Å². The number of fused-ring (bicyclic) bond motifs is 1. The molecule has 33 heavy (non-hydrogen) atoms. The molecule has 1 atom stereocenters. The molecule has 1 aliphatic rings. The highest BCUT2D eigenvalue weighted by Gasteiger charge is 2.37. The summed E-state index contributed by atoms with van der Waals surface area (Å²) in [5.74, 6) is 1.30. The fourth-order valence-electron chi connectivity index (χ4n) is 3.46. The Morgan fingerprint density at radius 2 is 1.79 bits per heavy atom. The van der Waals surface area contributed by atoms with Crippen molar-refractivity contribution in [1.29, 1.82) is 0 Å². The van der Waals surface area contributed by atoms with Gasteiger partial charge in [-0.25, -0.2) is 0 Å². The first-order chi connectivity index (χ1) is 15.3. The highest BCUT2D eigenvalue weighted by Crippen LogP contribution is 2.40. The van der Waals surface area contributed by atoms with E-state index in [1.54, 1.807) is 19.2 Å². The van der Waals surface area contributed by atoms with Crippen molar-refractivity contribution < 1.29 is 19.0 Å². The molecule has 0 saturated heterocycles. The van der Waals surface area contributed by atoms with E-state index in [0.717, 1.165) is 43.6 Å². The van der Waals surface area contributed by atoms with Gasteiger partial charge in [-0.3, -0.25) is 0 Å². The van der Waals surface area contributed by atoms with E-state index in [-0.39, 0.29) is 16.4 Å². The summed E-state index contributed by atoms with van der Waals surface area (Å²) < 4.78 is 17.8. The molecule has 0 fully saturated rings. The molecule has 0 aliphatic carbocycles. The molecule has 5 heteroatoms. The Kier molecular flexibility index (Phi) is 9.06. The molecule has 0 spiro atoms. The molecular formula is C28H44O4Si. The summed E-state index contributed by atoms with van der Waals surface area (Å²) in [6.07, 6.45) is 12.7. The summed E-state index contributed by atoms with van der Waals surface area (Å²) in [7, 11) is -0.143. The quantitative estimate of drug-likeness (QED) is 0.276. The summed E-state index contributed by atoms with van der Waals surface area (Å²) >= 11 is 0. The first kappa shape index (κ1) is 27.3. The van der Waals surface area contributed by atoms with Crippen molar-refractivity contribution in [2.75, 3.05) is 13.7 Å². The minimum Gasteiger partial charge on any atom is -0.504 e. The van der Waals surface area contributed by atoms with Gasteiger partial charge >= 0.3 is 0 Å². The predicted molar refractivity (Wildman–Crippen MR) is 142 cm³/mol. The predicted octanol–water partition coefficient (Wildman–Crippen LogP) is 8.04. The molecule has 1 N–H and O–H groups in total. The molecule has 184 valence electrons. The maximum absolute atomic E-state index is 9.97. The van der Waals surface area contributed by atoms with Crippen molar-refractivity contribution in [1.82, 2.24) is 0 Å². The van der Waals surface area contributed by atoms with E-state index >= 15 is 0 Å². The van der Waals surface area contributed by atoms with Crippen molar-refractivity contribution in [2.45, 2.75) is 91.0 Å². The van der Waals surface area contributed by atoms with Gasteiger partial charge in [-0.05, 0) is 76.7 Å². The molecule has 1 aliphatic heterocycles. The Morgan fingerprint density at radius 1 is 1.12 bits per heavy atom. The molecule has 1 aromatic carbocycles. The van der Waals surface area contributed by atoms with Gasteiger partial charge in [0.25, 0.3) is 0 Å². The smallest absolute Gasteiger partial charge is 0.192 e. The maximum atomic E-state index is 9.97. The van der Waals surface area contributed by atoms with Gasteiger partial charge in [0.15, 0.2) is 19.8 Å². The molecule has 1 aromatic rings. The molecule has 0 radical (unpaired) electrons. The fourth-order valence-corrected chi connectivity index (χ4v) is 4.48. The largest absolute Gasteiger partial charge is 0.504 e. The SMILES string of the molecule is COc1cc2c(cc1O)C=CC(C)(CC/C=C(\C)CC/C=C(\C)CO[Si](C)(C)C(C)(C)C)O2. The average molecular weight is 473 g/mol. The van der Waals surface area contributed by atoms with Gasteiger partial charge in [0.2, 0.25) is 0 Å². The number of phenolic OH excluding ortho intramolecular Hbond substituents is 1. The van der Waals surface area contributed by atoms with E-state index in [4.69, 9.17) is 13.9 Å². The Morgan fingerprint density at radius 3 is 2.42 bits per heavy atom. The van der Waals surface area contributed by atoms with E-state index in [0.29, 0.717) is 5.75 Å². The molecule has 1 unspecified atom stereocenters. The summed E-state index contributed by atoms with van der Waals surface area (Å²) in [5.41, 5.74) is 3.22. The second kappa shape index (κ2) is 11.0. The third kappa shape index (κ3) is 7.78. The van der Waals surface area contributed by atoms with Gasteiger partial charge in [-0.1, -0.05) is 50.1 Å². The lowest BCUT2D eigenvalue weighted by Crippen LogP contribution is -2.41. The van der Waals surface area contributed by atoms with Gasteiger partial charge < -0.3 is 19.0 Å². The van der Waals surface area contributed by atoms with Crippen LogP contribution in [0.3, 0.4) is 0 Å². The Labute approximate surface area is 202 Å². The zero-order chi connectivity index (χ0) is 24.9. The molecule has 2 rings (SSSR count). The van der Waals surface area contributed by atoms with Gasteiger partial charge in [-0.15, -0.1) is 0 Å². The van der Waals surface area contributed by atoms with Crippen molar-refractivity contribution in [3.8, 4) is 17.2 Å². The normalized spacial score (nSPS) is 19.3. The molecule has 1 heterocycles. The van der Waals surface area contributed by atoms with Gasteiger partial charge in [0, 0.05) is 11.6 Å². The van der Waals surface area contributed by atoms with E-state index in [2.05, 4.69) is 72.9 Å². The Bertz CT molecular complexity index is 905. The molecule has 0 aromatic heterocycles. The van der Waals surface area contributed by atoms with Gasteiger partial charge in [-0.2, -0.15) is 0 Å². The van der Waals surface area contributed by atoms with Crippen molar-refractivity contribution in [2.24, 2.45) is 0 Å². The van der Waals surface area contributed by atoms with Crippen LogP contribution in [0.1, 0.15) is 72.8 Å². The van der Waals surface area contributed by atoms with Crippen LogP contribution in [0.15, 0.2) is 41.5 Å². The zero-order valence-corrected chi connectivity index (χ0v) is 23.2. The number of ether oxygens (including phenoxy) is 2. The lowest BCUT2D eigenvalue weighted by molar-refractivity contribution is 0.128. The highest BCUT2D eigenvalue weighted by molar-refractivity contribution is 6.74. The van der Waals surface area contributed by atoms with E-state index in [1.165, 1.54) is 11.1 Å². The monoisotopic (exact) mass is 472 g/mol. The van der Waals surface area contributed by atoms with Crippen LogP contribution in [0.4, 0.5) is 0 Å². The minimum absolute atomic E-state index is 0.127. The number of hydrogen-bond donors (Lipinski definition) is 1. The summed E-state index contributed by atoms with van der Waals surface area (Å²) in [5, 5.41) is 10.2. The second-order valence-electron chi connectivity index (χ2n) is 11.0. The van der Waals surface area contributed by atoms with Crippen LogP contribution in [0.2, 0.25) is 18.1 Å². The number of methoxy groups -OCH3 is 1. The first-order valence-electron chi connectivity index (χ1n) is 12.0. The van der Waals surface area contributed by atoms with Gasteiger partial charge in [0.1, 0.15) is 11.4 Å². The minimum atomic E-state index is -1.69. The number of benzene rings is 1. The number of aromatic hydroxyl groups is 1. The first-order valence-corrected chi connectivity index (χ1v) is 14.9. The highest BCUT2D eigenvalue weighted by atomic mass is 28.4. The van der Waals surface area contributed by atoms with Crippen LogP contribution in [-0.4, -0.2) is 32.7 Å². The van der Waals surface area contributed by atoms with Gasteiger partial charge in [0.05, 0.1) is 13.7 Å². The average Bonchev–Trinajstić information content (AvgIpc) is 2.71. The zero-order valence-electron chi connectivity index (χ0n) is 22.2. The van der Waals surface area contributed by atoms with E-state index in [1.807, 2.05) is 6.08 Å². The summed E-state index contributed by atoms with van der Waals surface area (Å²) in [6, 6.07) is 3.44. The second-order valence-corrected chi connectivity index (χ2v) is 15.8. The van der Waals surface area contributed by atoms with Crippen LogP contribution in [0.5, 0.6) is 17.2 Å².